The van der Waals surface area contributed by atoms with Gasteiger partial charge in [0.05, 0.1) is 52.0 Å². The van der Waals surface area contributed by atoms with E-state index in [1.54, 1.807) is 6.92 Å². The van der Waals surface area contributed by atoms with E-state index in [1.165, 1.54) is 5.69 Å². The summed E-state index contributed by atoms with van der Waals surface area (Å²) in [5.41, 5.74) is 10.1. The fourth-order valence-corrected chi connectivity index (χ4v) is 4.49. The lowest BCUT2D eigenvalue weighted by molar-refractivity contribution is -0.910. The van der Waals surface area contributed by atoms with Gasteiger partial charge in [-0.15, -0.1) is 0 Å². The van der Waals surface area contributed by atoms with Crippen molar-refractivity contribution in [1.29, 1.82) is 0 Å². The molecule has 8 nitrogen and oxygen atoms in total. The van der Waals surface area contributed by atoms with Crippen LogP contribution in [0.2, 0.25) is 0 Å². The Morgan fingerprint density at radius 3 is 2.76 bits per heavy atom. The van der Waals surface area contributed by atoms with Crippen molar-refractivity contribution in [3.8, 4) is 0 Å². The number of nitrogens with one attached hydrogen (secondary N) is 1. The minimum Gasteiger partial charge on any atom is -0.382 e. The van der Waals surface area contributed by atoms with Gasteiger partial charge in [-0.05, 0) is 31.5 Å². The number of ketones is 1. The maximum Gasteiger partial charge on any atom is 0.150 e. The number of anilines is 2. The quantitative estimate of drug-likeness (QED) is 0.361. The fraction of sp³-hybridized carbons (Fsp3) is 0.560. The molecule has 1 aliphatic rings. The van der Waals surface area contributed by atoms with Gasteiger partial charge in [-0.3, -0.25) is 4.79 Å². The summed E-state index contributed by atoms with van der Waals surface area (Å²) in [6.07, 6.45) is 3.67. The first kappa shape index (κ1) is 23.4. The average molecular weight is 454 g/mol. The van der Waals surface area contributed by atoms with Crippen molar-refractivity contribution < 1.29 is 14.0 Å². The number of carbonyl (C=O) groups excluding carboxylic acids is 1. The number of hydrogen-bond acceptors (Lipinski definition) is 6. The highest BCUT2D eigenvalue weighted by molar-refractivity contribution is 6.06. The molecule has 3 heterocycles. The Bertz CT molecular complexity index is 1120. The number of nitrogen functional groups attached to an aromatic ring is 1. The number of nitrogens with two attached hydrogens (primary N) is 1. The van der Waals surface area contributed by atoms with E-state index in [0.717, 1.165) is 84.2 Å². The molecule has 0 amide bonds. The number of aryl methyl sites for hydroxylation is 1. The third-order valence-electron chi connectivity index (χ3n) is 6.81. The lowest BCUT2D eigenvalue weighted by Gasteiger charge is -2.42. The maximum absolute atomic E-state index is 11.0. The van der Waals surface area contributed by atoms with Crippen LogP contribution in [-0.4, -0.2) is 78.2 Å². The molecule has 1 aliphatic heterocycles. The molecular formula is C25H37N6O2+. The Morgan fingerprint density at radius 2 is 2.03 bits per heavy atom. The topological polar surface area (TPSA) is 97.1 Å². The zero-order chi connectivity index (χ0) is 23.4. The Morgan fingerprint density at radius 1 is 1.24 bits per heavy atom. The number of quaternary nitrogens is 1. The number of aromatic nitrogens is 3. The normalized spacial score (nSPS) is 16.0. The van der Waals surface area contributed by atoms with E-state index >= 15 is 0 Å². The first-order valence-corrected chi connectivity index (χ1v) is 12.1. The van der Waals surface area contributed by atoms with Gasteiger partial charge in [-0.2, -0.15) is 0 Å². The minimum atomic E-state index is 0.181. The lowest BCUT2D eigenvalue weighted by Crippen LogP contribution is -2.58. The van der Waals surface area contributed by atoms with E-state index in [1.807, 2.05) is 0 Å². The van der Waals surface area contributed by atoms with Crippen LogP contribution < -0.4 is 10.6 Å². The Hall–Kier alpha value is -2.71. The number of H-pyrrole nitrogens is 1. The Kier molecular flexibility index (Phi) is 7.14. The first-order chi connectivity index (χ1) is 15.9. The summed E-state index contributed by atoms with van der Waals surface area (Å²) in [6, 6.07) is 6.46. The molecule has 1 fully saturated rings. The lowest BCUT2D eigenvalue weighted by atomic mass is 10.1. The fourth-order valence-electron chi connectivity index (χ4n) is 4.49. The number of Topliss-reactive ketones (excluding diaryl/α,β-unsaturated/α-hetero) is 1. The van der Waals surface area contributed by atoms with Crippen LogP contribution >= 0.6 is 0 Å². The Balaban J connectivity index is 1.43. The number of unbranched alkanes of at least 4 members (excludes halogenated alkanes) is 1. The van der Waals surface area contributed by atoms with Crippen molar-refractivity contribution in [2.45, 2.75) is 39.5 Å². The summed E-state index contributed by atoms with van der Waals surface area (Å²) < 4.78 is 6.65. The second-order valence-corrected chi connectivity index (χ2v) is 9.55. The molecule has 1 saturated heterocycles. The number of ether oxygens (including phenoxy) is 1. The van der Waals surface area contributed by atoms with Crippen LogP contribution in [0.25, 0.3) is 21.9 Å². The zero-order valence-corrected chi connectivity index (χ0v) is 20.2. The van der Waals surface area contributed by atoms with Crippen LogP contribution in [0.1, 0.15) is 38.9 Å². The number of rotatable bonds is 10. The van der Waals surface area contributed by atoms with Crippen molar-refractivity contribution in [3.63, 3.8) is 0 Å². The molecule has 33 heavy (non-hydrogen) atoms. The van der Waals surface area contributed by atoms with E-state index in [9.17, 15) is 4.79 Å². The van der Waals surface area contributed by atoms with Gasteiger partial charge in [0.15, 0.2) is 0 Å². The van der Waals surface area contributed by atoms with Crippen LogP contribution in [0.5, 0.6) is 0 Å². The first-order valence-electron chi connectivity index (χ1n) is 12.1. The van der Waals surface area contributed by atoms with Gasteiger partial charge >= 0.3 is 0 Å². The molecular weight excluding hydrogens is 416 g/mol. The molecule has 0 radical (unpaired) electrons. The number of benzene rings is 1. The number of pyridine rings is 1. The number of likely N-dealkylation sites (N-methyl/N-ethyl adjacent to an activating group) is 1. The molecule has 0 bridgehead atoms. The van der Waals surface area contributed by atoms with Crippen molar-refractivity contribution in [3.05, 3.63) is 24.0 Å². The number of aromatic amines is 1. The van der Waals surface area contributed by atoms with E-state index < -0.39 is 0 Å². The summed E-state index contributed by atoms with van der Waals surface area (Å²) in [6.45, 7) is 10.1. The molecule has 0 atom stereocenters. The second kappa shape index (κ2) is 10.1. The van der Waals surface area contributed by atoms with E-state index in [0.29, 0.717) is 25.5 Å². The van der Waals surface area contributed by atoms with Crippen LogP contribution in [-0.2, 0) is 16.0 Å². The van der Waals surface area contributed by atoms with Crippen LogP contribution in [0.3, 0.4) is 0 Å². The SMILES string of the molecule is CCCCc1nc2c([nH]1)c(N)nc1cc(N3CC[N+](C)(CCOCCC(C)=O)CC3)ccc12. The monoisotopic (exact) mass is 453 g/mol. The number of imidazole rings is 1. The molecule has 2 aromatic heterocycles. The van der Waals surface area contributed by atoms with Gasteiger partial charge in [-0.25, -0.2) is 9.97 Å². The smallest absolute Gasteiger partial charge is 0.150 e. The number of carbonyl (C=O) groups is 1. The molecule has 0 aliphatic carbocycles. The molecule has 0 unspecified atom stereocenters. The highest BCUT2D eigenvalue weighted by Crippen LogP contribution is 2.30. The van der Waals surface area contributed by atoms with Crippen molar-refractivity contribution in [1.82, 2.24) is 15.0 Å². The average Bonchev–Trinajstić information content (AvgIpc) is 3.22. The van der Waals surface area contributed by atoms with Crippen molar-refractivity contribution in [2.75, 3.05) is 63.6 Å². The summed E-state index contributed by atoms with van der Waals surface area (Å²) >= 11 is 0. The van der Waals surface area contributed by atoms with Gasteiger partial charge in [0.1, 0.15) is 35.0 Å². The van der Waals surface area contributed by atoms with Crippen molar-refractivity contribution in [2.24, 2.45) is 0 Å². The van der Waals surface area contributed by atoms with Gasteiger partial charge in [-0.1, -0.05) is 13.3 Å². The van der Waals surface area contributed by atoms with Gasteiger partial charge in [0, 0.05) is 23.9 Å². The van der Waals surface area contributed by atoms with Crippen LogP contribution in [0.4, 0.5) is 11.5 Å². The van der Waals surface area contributed by atoms with Gasteiger partial charge in [0.2, 0.25) is 0 Å². The van der Waals surface area contributed by atoms with Gasteiger partial charge < -0.3 is 24.8 Å². The third kappa shape index (κ3) is 5.45. The molecule has 3 N–H and O–H groups in total. The van der Waals surface area contributed by atoms with E-state index in [-0.39, 0.29) is 5.78 Å². The Labute approximate surface area is 195 Å². The molecule has 0 saturated carbocycles. The standard InChI is InChI=1S/C25H37N6O2/c1-4-5-6-22-28-23-20-8-7-19(17-21(20)27-25(26)24(23)29-22)30-10-12-31(3,13-11-30)14-16-33-15-9-18(2)32/h7-8,17H,4-6,9-16H2,1-3H3,(H2,26,27)(H,28,29)/q+1. The predicted molar refractivity (Wildman–Crippen MR) is 134 cm³/mol. The van der Waals surface area contributed by atoms with Gasteiger partial charge in [0.25, 0.3) is 0 Å². The van der Waals surface area contributed by atoms with E-state index in [2.05, 4.69) is 47.0 Å². The van der Waals surface area contributed by atoms with Crippen LogP contribution in [0.15, 0.2) is 18.2 Å². The van der Waals surface area contributed by atoms with Crippen molar-refractivity contribution >= 4 is 39.2 Å². The van der Waals surface area contributed by atoms with E-state index in [4.69, 9.17) is 15.5 Å². The summed E-state index contributed by atoms with van der Waals surface area (Å²) in [4.78, 5) is 26.4. The summed E-state index contributed by atoms with van der Waals surface area (Å²) in [5, 5.41) is 1.04. The number of piperazine rings is 1. The minimum absolute atomic E-state index is 0.181. The summed E-state index contributed by atoms with van der Waals surface area (Å²) in [5.74, 6) is 1.67. The highest BCUT2D eigenvalue weighted by Gasteiger charge is 2.28. The zero-order valence-electron chi connectivity index (χ0n) is 20.2. The molecule has 1 aromatic carbocycles. The number of fused-ring (bicyclic) bond motifs is 3. The molecule has 0 spiro atoms. The maximum atomic E-state index is 11.0. The predicted octanol–water partition coefficient (Wildman–Crippen LogP) is 3.30. The highest BCUT2D eigenvalue weighted by atomic mass is 16.5. The molecule has 3 aromatic rings. The second-order valence-electron chi connectivity index (χ2n) is 9.55. The molecule has 178 valence electrons. The number of nitrogens with zero attached hydrogens (tertiary/aromatic N) is 4. The largest absolute Gasteiger partial charge is 0.382 e. The third-order valence-corrected chi connectivity index (χ3v) is 6.81. The molecule has 8 heteroatoms. The van der Waals surface area contributed by atoms with Crippen LogP contribution in [0, 0.1) is 0 Å². The molecule has 4 rings (SSSR count). The summed E-state index contributed by atoms with van der Waals surface area (Å²) in [7, 11) is 2.29. The number of hydrogen-bond donors (Lipinski definition) is 2.